The molecule has 2 atom stereocenters. The maximum atomic E-state index is 11.8. The van der Waals surface area contributed by atoms with Crippen molar-refractivity contribution in [2.75, 3.05) is 19.7 Å². The van der Waals surface area contributed by atoms with E-state index in [2.05, 4.69) is 17.6 Å². The number of aliphatic hydroxyl groups is 1. The fraction of sp³-hybridized carbons (Fsp3) is 0.923. The van der Waals surface area contributed by atoms with Gasteiger partial charge in [0, 0.05) is 0 Å². The molecule has 0 radical (unpaired) electrons. The van der Waals surface area contributed by atoms with Crippen LogP contribution in [0.25, 0.3) is 0 Å². The van der Waals surface area contributed by atoms with Crippen LogP contribution in [0.1, 0.15) is 40.0 Å². The van der Waals surface area contributed by atoms with Crippen LogP contribution in [-0.2, 0) is 4.79 Å². The van der Waals surface area contributed by atoms with E-state index in [1.807, 2.05) is 13.8 Å². The van der Waals surface area contributed by atoms with Crippen LogP contribution in [0.5, 0.6) is 0 Å². The van der Waals surface area contributed by atoms with Crippen LogP contribution in [0, 0.1) is 5.92 Å². The molecule has 0 aliphatic rings. The van der Waals surface area contributed by atoms with E-state index in [1.54, 1.807) is 0 Å². The molecule has 108 valence electrons. The molecular formula is C13H29N3O2. The SMILES string of the molecule is CCNCCCCC(N)C(=O)NC(CO)C(C)C. The molecule has 0 aromatic rings. The largest absolute Gasteiger partial charge is 0.394 e. The van der Waals surface area contributed by atoms with E-state index in [9.17, 15) is 4.79 Å². The maximum Gasteiger partial charge on any atom is 0.237 e. The molecule has 0 heterocycles. The van der Waals surface area contributed by atoms with E-state index in [0.717, 1.165) is 25.9 Å². The van der Waals surface area contributed by atoms with Crippen molar-refractivity contribution in [1.29, 1.82) is 0 Å². The van der Waals surface area contributed by atoms with E-state index >= 15 is 0 Å². The highest BCUT2D eigenvalue weighted by atomic mass is 16.3. The number of amides is 1. The topological polar surface area (TPSA) is 87.4 Å². The fourth-order valence-electron chi connectivity index (χ4n) is 1.64. The van der Waals surface area contributed by atoms with Crippen molar-refractivity contribution in [2.45, 2.75) is 52.1 Å². The number of rotatable bonds is 10. The van der Waals surface area contributed by atoms with E-state index < -0.39 is 6.04 Å². The normalized spacial score (nSPS) is 14.6. The van der Waals surface area contributed by atoms with Gasteiger partial charge in [-0.1, -0.05) is 27.2 Å². The molecule has 0 bridgehead atoms. The Hall–Kier alpha value is -0.650. The van der Waals surface area contributed by atoms with Crippen molar-refractivity contribution < 1.29 is 9.90 Å². The van der Waals surface area contributed by atoms with Crippen LogP contribution in [0.4, 0.5) is 0 Å². The van der Waals surface area contributed by atoms with Crippen LogP contribution in [0.15, 0.2) is 0 Å². The second-order valence-corrected chi connectivity index (χ2v) is 5.00. The lowest BCUT2D eigenvalue weighted by atomic mass is 10.0. The number of aliphatic hydroxyl groups excluding tert-OH is 1. The van der Waals surface area contributed by atoms with E-state index in [1.165, 1.54) is 0 Å². The standard InChI is InChI=1S/C13H29N3O2/c1-4-15-8-6-5-7-11(14)13(18)16-12(9-17)10(2)3/h10-12,15,17H,4-9,14H2,1-3H3,(H,16,18). The summed E-state index contributed by atoms with van der Waals surface area (Å²) in [6.45, 7) is 7.89. The summed E-state index contributed by atoms with van der Waals surface area (Å²) in [7, 11) is 0. The Morgan fingerprint density at radius 2 is 2.00 bits per heavy atom. The Bertz CT molecular complexity index is 222. The lowest BCUT2D eigenvalue weighted by Gasteiger charge is -2.22. The van der Waals surface area contributed by atoms with Crippen molar-refractivity contribution in [3.8, 4) is 0 Å². The van der Waals surface area contributed by atoms with E-state index in [0.29, 0.717) is 6.42 Å². The van der Waals surface area contributed by atoms with Gasteiger partial charge in [0.1, 0.15) is 0 Å². The Labute approximate surface area is 111 Å². The summed E-state index contributed by atoms with van der Waals surface area (Å²) in [5.41, 5.74) is 5.82. The summed E-state index contributed by atoms with van der Waals surface area (Å²) in [6.07, 6.45) is 2.66. The number of carbonyl (C=O) groups excluding carboxylic acids is 1. The summed E-state index contributed by atoms with van der Waals surface area (Å²) in [6, 6.07) is -0.676. The molecule has 0 spiro atoms. The van der Waals surface area contributed by atoms with Gasteiger partial charge in [-0.25, -0.2) is 0 Å². The predicted molar refractivity (Wildman–Crippen MR) is 74.2 cm³/mol. The molecule has 0 fully saturated rings. The molecule has 0 rings (SSSR count). The highest BCUT2D eigenvalue weighted by Gasteiger charge is 2.19. The van der Waals surface area contributed by atoms with Gasteiger partial charge in [0.25, 0.3) is 0 Å². The van der Waals surface area contributed by atoms with Crippen LogP contribution < -0.4 is 16.4 Å². The monoisotopic (exact) mass is 259 g/mol. The zero-order valence-corrected chi connectivity index (χ0v) is 11.9. The van der Waals surface area contributed by atoms with Crippen molar-refractivity contribution in [2.24, 2.45) is 11.7 Å². The number of hydrogen-bond acceptors (Lipinski definition) is 4. The lowest BCUT2D eigenvalue weighted by molar-refractivity contribution is -0.123. The molecule has 0 aliphatic carbocycles. The molecule has 18 heavy (non-hydrogen) atoms. The first-order valence-electron chi connectivity index (χ1n) is 6.90. The molecule has 5 heteroatoms. The molecule has 0 aromatic carbocycles. The van der Waals surface area contributed by atoms with Crippen LogP contribution in [0.2, 0.25) is 0 Å². The summed E-state index contributed by atoms with van der Waals surface area (Å²) in [4.78, 5) is 11.8. The van der Waals surface area contributed by atoms with E-state index in [4.69, 9.17) is 10.8 Å². The third-order valence-corrected chi connectivity index (χ3v) is 3.03. The van der Waals surface area contributed by atoms with Crippen molar-refractivity contribution in [1.82, 2.24) is 10.6 Å². The lowest BCUT2D eigenvalue weighted by Crippen LogP contribution is -2.48. The smallest absolute Gasteiger partial charge is 0.237 e. The number of carbonyl (C=O) groups is 1. The molecule has 2 unspecified atom stereocenters. The van der Waals surface area contributed by atoms with Gasteiger partial charge in [-0.2, -0.15) is 0 Å². The van der Waals surface area contributed by atoms with E-state index in [-0.39, 0.29) is 24.5 Å². The Balaban J connectivity index is 3.81. The third-order valence-electron chi connectivity index (χ3n) is 3.03. The molecule has 0 saturated carbocycles. The zero-order valence-electron chi connectivity index (χ0n) is 11.9. The molecule has 0 saturated heterocycles. The average molecular weight is 259 g/mol. The Kier molecular flexibility index (Phi) is 9.92. The minimum Gasteiger partial charge on any atom is -0.394 e. The molecule has 1 amide bonds. The number of hydrogen-bond donors (Lipinski definition) is 4. The second kappa shape index (κ2) is 10.3. The summed E-state index contributed by atoms with van der Waals surface area (Å²) in [5.74, 6) is 0.0473. The minimum absolute atomic E-state index is 0.0451. The van der Waals surface area contributed by atoms with Crippen molar-refractivity contribution in [3.63, 3.8) is 0 Å². The predicted octanol–water partition coefficient (Wildman–Crippen LogP) is 0.227. The molecule has 5 nitrogen and oxygen atoms in total. The van der Waals surface area contributed by atoms with Gasteiger partial charge in [0.05, 0.1) is 18.7 Å². The van der Waals surface area contributed by atoms with Gasteiger partial charge in [0.15, 0.2) is 0 Å². The molecule has 5 N–H and O–H groups in total. The highest BCUT2D eigenvalue weighted by molar-refractivity contribution is 5.81. The summed E-state index contributed by atoms with van der Waals surface area (Å²) >= 11 is 0. The number of unbranched alkanes of at least 4 members (excludes halogenated alkanes) is 1. The quantitative estimate of drug-likeness (QED) is 0.423. The first-order valence-corrected chi connectivity index (χ1v) is 6.90. The Morgan fingerprint density at radius 1 is 1.33 bits per heavy atom. The summed E-state index contributed by atoms with van der Waals surface area (Å²) < 4.78 is 0. The zero-order chi connectivity index (χ0) is 14.0. The number of nitrogens with two attached hydrogens (primary N) is 1. The highest BCUT2D eigenvalue weighted by Crippen LogP contribution is 2.03. The average Bonchev–Trinajstić information content (AvgIpc) is 2.34. The maximum absolute atomic E-state index is 11.8. The fourth-order valence-corrected chi connectivity index (χ4v) is 1.64. The Morgan fingerprint density at radius 3 is 2.50 bits per heavy atom. The first kappa shape index (κ1) is 17.4. The molecule has 0 aromatic heterocycles. The van der Waals surface area contributed by atoms with Crippen molar-refractivity contribution >= 4 is 5.91 Å². The van der Waals surface area contributed by atoms with Gasteiger partial charge in [-0.05, 0) is 31.8 Å². The molecule has 0 aliphatic heterocycles. The summed E-state index contributed by atoms with van der Waals surface area (Å²) in [5, 5.41) is 15.2. The minimum atomic E-state index is -0.473. The number of nitrogens with one attached hydrogen (secondary N) is 2. The van der Waals surface area contributed by atoms with Gasteiger partial charge in [0.2, 0.25) is 5.91 Å². The van der Waals surface area contributed by atoms with Crippen LogP contribution in [0.3, 0.4) is 0 Å². The van der Waals surface area contributed by atoms with Gasteiger partial charge >= 0.3 is 0 Å². The van der Waals surface area contributed by atoms with Crippen LogP contribution >= 0.6 is 0 Å². The van der Waals surface area contributed by atoms with Crippen molar-refractivity contribution in [3.05, 3.63) is 0 Å². The van der Waals surface area contributed by atoms with Gasteiger partial charge in [-0.15, -0.1) is 0 Å². The van der Waals surface area contributed by atoms with Crippen LogP contribution in [-0.4, -0.2) is 42.8 Å². The van der Waals surface area contributed by atoms with Gasteiger partial charge < -0.3 is 21.5 Å². The van der Waals surface area contributed by atoms with Gasteiger partial charge in [-0.3, -0.25) is 4.79 Å². The molecular weight excluding hydrogens is 230 g/mol. The first-order chi connectivity index (χ1) is 8.52. The second-order valence-electron chi connectivity index (χ2n) is 5.00. The third kappa shape index (κ3) is 7.63.